The Balaban J connectivity index is 2.45. The zero-order chi connectivity index (χ0) is 10.4. The van der Waals surface area contributed by atoms with Gasteiger partial charge in [0.05, 0.1) is 0 Å². The Bertz CT molecular complexity index is 289. The van der Waals surface area contributed by atoms with Crippen molar-refractivity contribution in [1.82, 2.24) is 0 Å². The lowest BCUT2D eigenvalue weighted by atomic mass is 10.1. The number of phenolic OH excluding ortho intramolecular Hbond substituents is 1. The van der Waals surface area contributed by atoms with Gasteiger partial charge in [-0.15, -0.1) is 0 Å². The first-order valence-electron chi connectivity index (χ1n) is 4.91. The van der Waals surface area contributed by atoms with Gasteiger partial charge in [0, 0.05) is 0 Å². The summed E-state index contributed by atoms with van der Waals surface area (Å²) in [5.74, 6) is -0.115. The number of halogens is 1. The van der Waals surface area contributed by atoms with E-state index < -0.39 is 0 Å². The maximum Gasteiger partial charge on any atom is 0.123 e. The molecular formula is C11H16FNO. The predicted molar refractivity (Wildman–Crippen MR) is 54.7 cm³/mol. The van der Waals surface area contributed by atoms with Crippen molar-refractivity contribution in [2.45, 2.75) is 25.7 Å². The zero-order valence-corrected chi connectivity index (χ0v) is 8.17. The number of nitrogens with two attached hydrogens (primary N) is 1. The van der Waals surface area contributed by atoms with Crippen LogP contribution in [0.5, 0.6) is 5.75 Å². The second kappa shape index (κ2) is 5.60. The summed E-state index contributed by atoms with van der Waals surface area (Å²) in [5.41, 5.74) is 6.04. The van der Waals surface area contributed by atoms with Crippen LogP contribution in [0.25, 0.3) is 0 Å². The van der Waals surface area contributed by atoms with Crippen LogP contribution in [0.1, 0.15) is 24.8 Å². The summed E-state index contributed by atoms with van der Waals surface area (Å²) >= 11 is 0. The van der Waals surface area contributed by atoms with Gasteiger partial charge < -0.3 is 10.8 Å². The first-order valence-corrected chi connectivity index (χ1v) is 4.91. The summed E-state index contributed by atoms with van der Waals surface area (Å²) < 4.78 is 12.8. The van der Waals surface area contributed by atoms with E-state index in [0.717, 1.165) is 19.3 Å². The lowest BCUT2D eigenvalue weighted by molar-refractivity contribution is 0.463. The number of aromatic hydroxyl groups is 1. The highest BCUT2D eigenvalue weighted by Gasteiger charge is 2.02. The molecule has 0 unspecified atom stereocenters. The molecule has 0 fully saturated rings. The molecular weight excluding hydrogens is 181 g/mol. The van der Waals surface area contributed by atoms with E-state index in [2.05, 4.69) is 0 Å². The average Bonchev–Trinajstić information content (AvgIpc) is 2.18. The molecule has 3 N–H and O–H groups in total. The van der Waals surface area contributed by atoms with E-state index in [1.54, 1.807) is 0 Å². The number of benzene rings is 1. The van der Waals surface area contributed by atoms with Crippen LogP contribution in [0.15, 0.2) is 18.2 Å². The highest BCUT2D eigenvalue weighted by atomic mass is 19.1. The number of phenols is 1. The number of aryl methyl sites for hydroxylation is 1. The quantitative estimate of drug-likeness (QED) is 0.711. The molecule has 78 valence electrons. The Morgan fingerprint density at radius 1 is 1.21 bits per heavy atom. The molecule has 1 rings (SSSR count). The van der Waals surface area contributed by atoms with E-state index >= 15 is 0 Å². The molecule has 0 radical (unpaired) electrons. The molecule has 0 aliphatic heterocycles. The minimum Gasteiger partial charge on any atom is -0.508 e. The molecule has 2 nitrogen and oxygen atoms in total. The van der Waals surface area contributed by atoms with Gasteiger partial charge in [-0.25, -0.2) is 4.39 Å². The number of hydrogen-bond donors (Lipinski definition) is 2. The Kier molecular flexibility index (Phi) is 4.40. The van der Waals surface area contributed by atoms with Gasteiger partial charge in [-0.3, -0.25) is 0 Å². The molecule has 0 saturated heterocycles. The minimum atomic E-state index is -0.295. The van der Waals surface area contributed by atoms with Crippen molar-refractivity contribution in [1.29, 1.82) is 0 Å². The summed E-state index contributed by atoms with van der Waals surface area (Å²) in [5, 5.41) is 9.40. The van der Waals surface area contributed by atoms with E-state index in [0.29, 0.717) is 18.5 Å². The summed E-state index contributed by atoms with van der Waals surface area (Å²) in [4.78, 5) is 0. The molecule has 3 heteroatoms. The minimum absolute atomic E-state index is 0.180. The Labute approximate surface area is 83.6 Å². The van der Waals surface area contributed by atoms with Gasteiger partial charge in [0.15, 0.2) is 0 Å². The van der Waals surface area contributed by atoms with Crippen molar-refractivity contribution in [3.63, 3.8) is 0 Å². The smallest absolute Gasteiger partial charge is 0.123 e. The SMILES string of the molecule is NCCCCCc1cc(F)ccc1O. The molecule has 1 aromatic carbocycles. The normalized spacial score (nSPS) is 10.4. The summed E-state index contributed by atoms with van der Waals surface area (Å²) in [6, 6.07) is 4.05. The van der Waals surface area contributed by atoms with E-state index in [-0.39, 0.29) is 11.6 Å². The number of rotatable bonds is 5. The maximum absolute atomic E-state index is 12.8. The molecule has 0 heterocycles. The highest BCUT2D eigenvalue weighted by Crippen LogP contribution is 2.19. The fraction of sp³-hybridized carbons (Fsp3) is 0.455. The largest absolute Gasteiger partial charge is 0.508 e. The molecule has 0 aliphatic rings. The molecule has 14 heavy (non-hydrogen) atoms. The third-order valence-electron chi connectivity index (χ3n) is 2.19. The van der Waals surface area contributed by atoms with E-state index in [9.17, 15) is 9.50 Å². The second-order valence-corrected chi connectivity index (χ2v) is 3.37. The molecule has 0 amide bonds. The number of hydrogen-bond acceptors (Lipinski definition) is 2. The maximum atomic E-state index is 12.8. The van der Waals surface area contributed by atoms with Crippen molar-refractivity contribution in [2.24, 2.45) is 5.73 Å². The lowest BCUT2D eigenvalue weighted by Crippen LogP contribution is -1.98. The first-order chi connectivity index (χ1) is 6.74. The molecule has 0 aliphatic carbocycles. The van der Waals surface area contributed by atoms with E-state index in [1.807, 2.05) is 0 Å². The fourth-order valence-electron chi connectivity index (χ4n) is 1.39. The summed E-state index contributed by atoms with van der Waals surface area (Å²) in [7, 11) is 0. The molecule has 0 spiro atoms. The Hall–Kier alpha value is -1.09. The fourth-order valence-corrected chi connectivity index (χ4v) is 1.39. The van der Waals surface area contributed by atoms with Crippen molar-refractivity contribution >= 4 is 0 Å². The van der Waals surface area contributed by atoms with Crippen LogP contribution < -0.4 is 5.73 Å². The lowest BCUT2D eigenvalue weighted by Gasteiger charge is -2.04. The molecule has 0 saturated carbocycles. The molecule has 1 aromatic rings. The molecule has 0 aromatic heterocycles. The van der Waals surface area contributed by atoms with Gasteiger partial charge in [-0.1, -0.05) is 6.42 Å². The van der Waals surface area contributed by atoms with Gasteiger partial charge in [0.2, 0.25) is 0 Å². The monoisotopic (exact) mass is 197 g/mol. The van der Waals surface area contributed by atoms with Crippen LogP contribution >= 0.6 is 0 Å². The highest BCUT2D eigenvalue weighted by molar-refractivity contribution is 5.32. The van der Waals surface area contributed by atoms with E-state index in [1.165, 1.54) is 18.2 Å². The van der Waals surface area contributed by atoms with Crippen molar-refractivity contribution in [3.8, 4) is 5.75 Å². The number of unbranched alkanes of at least 4 members (excludes halogenated alkanes) is 2. The van der Waals surface area contributed by atoms with Crippen LogP contribution in [0.2, 0.25) is 0 Å². The molecule has 0 atom stereocenters. The molecule has 0 bridgehead atoms. The Morgan fingerprint density at radius 2 is 2.00 bits per heavy atom. The van der Waals surface area contributed by atoms with Crippen LogP contribution in [0.4, 0.5) is 4.39 Å². The van der Waals surface area contributed by atoms with Crippen LogP contribution in [0.3, 0.4) is 0 Å². The first kappa shape index (κ1) is 11.0. The van der Waals surface area contributed by atoms with Gasteiger partial charge >= 0.3 is 0 Å². The van der Waals surface area contributed by atoms with Crippen molar-refractivity contribution in [3.05, 3.63) is 29.6 Å². The van der Waals surface area contributed by atoms with E-state index in [4.69, 9.17) is 5.73 Å². The van der Waals surface area contributed by atoms with Crippen LogP contribution in [-0.2, 0) is 6.42 Å². The Morgan fingerprint density at radius 3 is 2.71 bits per heavy atom. The van der Waals surface area contributed by atoms with Crippen molar-refractivity contribution in [2.75, 3.05) is 6.54 Å². The average molecular weight is 197 g/mol. The van der Waals surface area contributed by atoms with Crippen LogP contribution in [0, 0.1) is 5.82 Å². The van der Waals surface area contributed by atoms with Crippen LogP contribution in [-0.4, -0.2) is 11.7 Å². The third-order valence-corrected chi connectivity index (χ3v) is 2.19. The second-order valence-electron chi connectivity index (χ2n) is 3.37. The predicted octanol–water partition coefficient (Wildman–Crippen LogP) is 2.20. The summed E-state index contributed by atoms with van der Waals surface area (Å²) in [6.07, 6.45) is 3.65. The summed E-state index contributed by atoms with van der Waals surface area (Å²) in [6.45, 7) is 0.690. The van der Waals surface area contributed by atoms with Crippen molar-refractivity contribution < 1.29 is 9.50 Å². The standard InChI is InChI=1S/C11H16FNO/c12-10-5-6-11(14)9(8-10)4-2-1-3-7-13/h5-6,8,14H,1-4,7,13H2. The van der Waals surface area contributed by atoms with Gasteiger partial charge in [0.25, 0.3) is 0 Å². The zero-order valence-electron chi connectivity index (χ0n) is 8.17. The van der Waals surface area contributed by atoms with Gasteiger partial charge in [0.1, 0.15) is 11.6 Å². The van der Waals surface area contributed by atoms with Gasteiger partial charge in [-0.05, 0) is 49.6 Å². The third kappa shape index (κ3) is 3.34. The van der Waals surface area contributed by atoms with Gasteiger partial charge in [-0.2, -0.15) is 0 Å². The topological polar surface area (TPSA) is 46.2 Å².